The molecule has 0 aromatic heterocycles. The number of Topliss-reactive ketones (excluding diaryl/α,β-unsaturated/α-hetero) is 1. The van der Waals surface area contributed by atoms with Gasteiger partial charge >= 0.3 is 5.97 Å². The Labute approximate surface area is 120 Å². The third-order valence-electron chi connectivity index (χ3n) is 4.55. The maximum Gasteiger partial charge on any atom is 0.307 e. The average molecular weight is 274 g/mol. The van der Waals surface area contributed by atoms with E-state index < -0.39 is 11.9 Å². The molecule has 20 heavy (non-hydrogen) atoms. The summed E-state index contributed by atoms with van der Waals surface area (Å²) >= 11 is 0. The summed E-state index contributed by atoms with van der Waals surface area (Å²) in [7, 11) is 0. The van der Waals surface area contributed by atoms with Gasteiger partial charge in [0.15, 0.2) is 5.78 Å². The Balaban J connectivity index is 2.15. The highest BCUT2D eigenvalue weighted by Gasteiger charge is 2.37. The molecule has 3 heteroatoms. The van der Waals surface area contributed by atoms with Crippen LogP contribution in [0.4, 0.5) is 0 Å². The molecule has 3 nitrogen and oxygen atoms in total. The molecule has 0 amide bonds. The summed E-state index contributed by atoms with van der Waals surface area (Å²) in [6.45, 7) is 4.30. The molecule has 1 saturated carbocycles. The zero-order valence-corrected chi connectivity index (χ0v) is 12.1. The van der Waals surface area contributed by atoms with Crippen LogP contribution in [0, 0.1) is 11.8 Å². The molecule has 0 heterocycles. The van der Waals surface area contributed by atoms with E-state index in [1.165, 1.54) is 5.56 Å². The zero-order valence-electron chi connectivity index (χ0n) is 12.1. The molecule has 0 bridgehead atoms. The first kappa shape index (κ1) is 14.8. The number of carbonyl (C=O) groups excluding carboxylic acids is 1. The van der Waals surface area contributed by atoms with Gasteiger partial charge in [-0.15, -0.1) is 0 Å². The normalized spacial score (nSPS) is 23.5. The van der Waals surface area contributed by atoms with Crippen LogP contribution in [0.5, 0.6) is 0 Å². The van der Waals surface area contributed by atoms with Gasteiger partial charge in [0.1, 0.15) is 0 Å². The van der Waals surface area contributed by atoms with E-state index in [1.54, 1.807) is 0 Å². The maximum atomic E-state index is 12.4. The number of rotatable bonds is 5. The molecular weight excluding hydrogens is 252 g/mol. The van der Waals surface area contributed by atoms with E-state index in [4.69, 9.17) is 0 Å². The molecule has 1 aliphatic carbocycles. The van der Waals surface area contributed by atoms with Crippen molar-refractivity contribution >= 4 is 11.8 Å². The number of aliphatic carboxylic acids is 1. The van der Waals surface area contributed by atoms with Gasteiger partial charge in [-0.1, -0.05) is 44.5 Å². The van der Waals surface area contributed by atoms with E-state index >= 15 is 0 Å². The molecule has 3 atom stereocenters. The summed E-state index contributed by atoms with van der Waals surface area (Å²) < 4.78 is 0. The van der Waals surface area contributed by atoms with Gasteiger partial charge in [0.2, 0.25) is 0 Å². The first-order valence-corrected chi connectivity index (χ1v) is 7.41. The molecule has 108 valence electrons. The fourth-order valence-electron chi connectivity index (χ4n) is 3.00. The van der Waals surface area contributed by atoms with E-state index in [2.05, 4.69) is 13.8 Å². The number of hydrogen-bond donors (Lipinski definition) is 1. The van der Waals surface area contributed by atoms with Gasteiger partial charge in [-0.25, -0.2) is 0 Å². The Morgan fingerprint density at radius 3 is 2.35 bits per heavy atom. The molecule has 0 saturated heterocycles. The summed E-state index contributed by atoms with van der Waals surface area (Å²) in [5.74, 6) is -1.21. The molecule has 1 aromatic carbocycles. The van der Waals surface area contributed by atoms with Crippen molar-refractivity contribution in [2.75, 3.05) is 0 Å². The molecule has 1 aromatic rings. The third kappa shape index (κ3) is 2.92. The summed E-state index contributed by atoms with van der Waals surface area (Å²) in [5.41, 5.74) is 1.88. The van der Waals surface area contributed by atoms with Crippen LogP contribution in [-0.4, -0.2) is 16.9 Å². The number of carbonyl (C=O) groups is 2. The monoisotopic (exact) mass is 274 g/mol. The van der Waals surface area contributed by atoms with Gasteiger partial charge in [0.05, 0.1) is 5.92 Å². The highest BCUT2D eigenvalue weighted by Crippen LogP contribution is 2.34. The Kier molecular flexibility index (Phi) is 4.58. The van der Waals surface area contributed by atoms with Crippen molar-refractivity contribution in [2.45, 2.75) is 45.4 Å². The van der Waals surface area contributed by atoms with Crippen LogP contribution >= 0.6 is 0 Å². The molecule has 1 fully saturated rings. The molecule has 1 aliphatic rings. The Hall–Kier alpha value is -1.64. The lowest BCUT2D eigenvalue weighted by Gasteiger charge is -2.15. The quantitative estimate of drug-likeness (QED) is 0.829. The highest BCUT2D eigenvalue weighted by atomic mass is 16.4. The first-order chi connectivity index (χ1) is 9.54. The molecule has 1 N–H and O–H groups in total. The summed E-state index contributed by atoms with van der Waals surface area (Å²) in [6, 6.07) is 7.68. The second-order valence-electron chi connectivity index (χ2n) is 5.78. The topological polar surface area (TPSA) is 54.4 Å². The van der Waals surface area contributed by atoms with Crippen LogP contribution in [0.1, 0.15) is 61.4 Å². The fourth-order valence-corrected chi connectivity index (χ4v) is 3.00. The van der Waals surface area contributed by atoms with E-state index in [-0.39, 0.29) is 11.7 Å². The molecule has 2 rings (SSSR count). The summed E-state index contributed by atoms with van der Waals surface area (Å²) in [4.78, 5) is 23.6. The van der Waals surface area contributed by atoms with Gasteiger partial charge in [0.25, 0.3) is 0 Å². The van der Waals surface area contributed by atoms with Crippen molar-refractivity contribution < 1.29 is 14.7 Å². The zero-order chi connectivity index (χ0) is 14.7. The van der Waals surface area contributed by atoms with Crippen LogP contribution in [0.3, 0.4) is 0 Å². The predicted octanol–water partition coefficient (Wildman–Crippen LogP) is 3.88. The number of carboxylic acids is 1. The maximum absolute atomic E-state index is 12.4. The van der Waals surface area contributed by atoms with Crippen molar-refractivity contribution in [1.82, 2.24) is 0 Å². The Morgan fingerprint density at radius 1 is 1.20 bits per heavy atom. The van der Waals surface area contributed by atoms with Crippen molar-refractivity contribution in [3.05, 3.63) is 35.4 Å². The van der Waals surface area contributed by atoms with Crippen LogP contribution < -0.4 is 0 Å². The minimum atomic E-state index is -0.836. The van der Waals surface area contributed by atoms with E-state index in [1.807, 2.05) is 24.3 Å². The lowest BCUT2D eigenvalue weighted by atomic mass is 9.87. The van der Waals surface area contributed by atoms with Crippen LogP contribution in [0.2, 0.25) is 0 Å². The van der Waals surface area contributed by atoms with Crippen LogP contribution in [0.25, 0.3) is 0 Å². The lowest BCUT2D eigenvalue weighted by molar-refractivity contribution is -0.142. The first-order valence-electron chi connectivity index (χ1n) is 7.41. The number of carboxylic acid groups (broad SMARTS) is 1. The second kappa shape index (κ2) is 6.21. The Bertz CT molecular complexity index is 489. The standard InChI is InChI=1S/C17H22O3/c1-3-11(2)12-7-9-13(10-8-12)16(18)14-5-4-6-15(14)17(19)20/h7-11,14-15H,3-6H2,1-2H3,(H,19,20). The van der Waals surface area contributed by atoms with Crippen molar-refractivity contribution in [3.8, 4) is 0 Å². The van der Waals surface area contributed by atoms with Crippen LogP contribution in [-0.2, 0) is 4.79 Å². The van der Waals surface area contributed by atoms with Gasteiger partial charge in [-0.3, -0.25) is 9.59 Å². The summed E-state index contributed by atoms with van der Waals surface area (Å²) in [6.07, 6.45) is 3.22. The fraction of sp³-hybridized carbons (Fsp3) is 0.529. The highest BCUT2D eigenvalue weighted by molar-refractivity contribution is 6.00. The lowest BCUT2D eigenvalue weighted by Crippen LogP contribution is -2.25. The van der Waals surface area contributed by atoms with Crippen molar-refractivity contribution in [2.24, 2.45) is 11.8 Å². The smallest absolute Gasteiger partial charge is 0.307 e. The van der Waals surface area contributed by atoms with E-state index in [0.717, 1.165) is 12.8 Å². The number of hydrogen-bond acceptors (Lipinski definition) is 2. The molecule has 3 unspecified atom stereocenters. The van der Waals surface area contributed by atoms with E-state index in [9.17, 15) is 14.7 Å². The minimum Gasteiger partial charge on any atom is -0.481 e. The molecular formula is C17H22O3. The summed E-state index contributed by atoms with van der Waals surface area (Å²) in [5, 5.41) is 9.18. The minimum absolute atomic E-state index is 0.00870. The SMILES string of the molecule is CCC(C)c1ccc(C(=O)C2CCCC2C(=O)O)cc1. The Morgan fingerprint density at radius 2 is 1.80 bits per heavy atom. The van der Waals surface area contributed by atoms with Crippen LogP contribution in [0.15, 0.2) is 24.3 Å². The van der Waals surface area contributed by atoms with Crippen molar-refractivity contribution in [1.29, 1.82) is 0 Å². The largest absolute Gasteiger partial charge is 0.481 e. The third-order valence-corrected chi connectivity index (χ3v) is 4.55. The molecule has 0 aliphatic heterocycles. The second-order valence-corrected chi connectivity index (χ2v) is 5.78. The van der Waals surface area contributed by atoms with Crippen molar-refractivity contribution in [3.63, 3.8) is 0 Å². The predicted molar refractivity (Wildman–Crippen MR) is 77.9 cm³/mol. The van der Waals surface area contributed by atoms with Gasteiger partial charge in [-0.2, -0.15) is 0 Å². The van der Waals surface area contributed by atoms with Gasteiger partial charge in [0, 0.05) is 11.5 Å². The number of benzene rings is 1. The number of ketones is 1. The molecule has 0 spiro atoms. The average Bonchev–Trinajstić information content (AvgIpc) is 2.95. The molecule has 0 radical (unpaired) electrons. The van der Waals surface area contributed by atoms with Gasteiger partial charge < -0.3 is 5.11 Å². The van der Waals surface area contributed by atoms with Gasteiger partial charge in [-0.05, 0) is 30.7 Å². The van der Waals surface area contributed by atoms with E-state index in [0.29, 0.717) is 24.3 Å².